The molecule has 138 valence electrons. The van der Waals surface area contributed by atoms with Crippen LogP contribution in [0.25, 0.3) is 5.69 Å². The van der Waals surface area contributed by atoms with Crippen LogP contribution in [0.4, 0.5) is 0 Å². The van der Waals surface area contributed by atoms with Gasteiger partial charge >= 0.3 is 0 Å². The van der Waals surface area contributed by atoms with Gasteiger partial charge in [-0.25, -0.2) is 4.68 Å². The van der Waals surface area contributed by atoms with Crippen molar-refractivity contribution in [1.29, 1.82) is 0 Å². The summed E-state index contributed by atoms with van der Waals surface area (Å²) in [7, 11) is 3.51. The molecule has 7 nitrogen and oxygen atoms in total. The molecule has 2 heterocycles. The number of carbonyl (C=O) groups is 2. The van der Waals surface area contributed by atoms with Crippen molar-refractivity contribution in [3.05, 3.63) is 47.8 Å². The highest BCUT2D eigenvalue weighted by Crippen LogP contribution is 2.23. The van der Waals surface area contributed by atoms with Gasteiger partial charge in [0.05, 0.1) is 23.4 Å². The van der Waals surface area contributed by atoms with E-state index in [0.717, 1.165) is 24.1 Å². The number of likely N-dealkylation sites (tertiary alicyclic amines) is 1. The molecule has 7 heteroatoms. The third kappa shape index (κ3) is 3.62. The first kappa shape index (κ1) is 18.1. The number of hydrogen-bond donors (Lipinski definition) is 1. The molecular weight excluding hydrogens is 330 g/mol. The van der Waals surface area contributed by atoms with Gasteiger partial charge in [-0.05, 0) is 25.0 Å². The van der Waals surface area contributed by atoms with E-state index in [1.807, 2.05) is 24.4 Å². The average Bonchev–Trinajstić information content (AvgIpc) is 3.16. The topological polar surface area (TPSA) is 84.5 Å². The first-order valence-electron chi connectivity index (χ1n) is 8.84. The molecule has 1 aromatic carbocycles. The monoisotopic (exact) mass is 355 g/mol. The molecule has 1 fully saturated rings. The summed E-state index contributed by atoms with van der Waals surface area (Å²) in [6.45, 7) is 1.52. The lowest BCUT2D eigenvalue weighted by molar-refractivity contribution is -0.134. The number of carbonyl (C=O) groups excluding carboxylic acids is 2. The van der Waals surface area contributed by atoms with Gasteiger partial charge in [0.15, 0.2) is 0 Å². The minimum absolute atomic E-state index is 0.0679. The Morgan fingerprint density at radius 2 is 2.08 bits per heavy atom. The molecule has 3 rings (SSSR count). The van der Waals surface area contributed by atoms with Gasteiger partial charge < -0.3 is 15.5 Å². The van der Waals surface area contributed by atoms with Crippen LogP contribution in [0.15, 0.2) is 36.7 Å². The van der Waals surface area contributed by atoms with Crippen LogP contribution in [-0.2, 0) is 11.3 Å². The van der Waals surface area contributed by atoms with Gasteiger partial charge in [-0.1, -0.05) is 12.1 Å². The van der Waals surface area contributed by atoms with Crippen molar-refractivity contribution in [2.75, 3.05) is 27.2 Å². The van der Waals surface area contributed by atoms with Crippen molar-refractivity contribution in [2.24, 2.45) is 11.7 Å². The SMILES string of the molecule is CN(C)C(=O)[C@H]1CCCN(C(=O)c2ccccc2-n2cc(CN)cn2)C1. The molecular formula is C19H25N5O2. The Morgan fingerprint density at radius 3 is 2.77 bits per heavy atom. The number of piperidine rings is 1. The predicted octanol–water partition coefficient (Wildman–Crippen LogP) is 1.27. The Morgan fingerprint density at radius 1 is 1.31 bits per heavy atom. The Labute approximate surface area is 153 Å². The number of nitrogens with zero attached hydrogens (tertiary/aromatic N) is 4. The van der Waals surface area contributed by atoms with Crippen molar-refractivity contribution in [3.63, 3.8) is 0 Å². The van der Waals surface area contributed by atoms with Crippen LogP contribution in [-0.4, -0.2) is 58.6 Å². The molecule has 0 saturated carbocycles. The molecule has 1 aliphatic rings. The van der Waals surface area contributed by atoms with Crippen molar-refractivity contribution >= 4 is 11.8 Å². The number of aromatic nitrogens is 2. The van der Waals surface area contributed by atoms with Gasteiger partial charge in [0.1, 0.15) is 0 Å². The molecule has 0 unspecified atom stereocenters. The molecule has 0 aliphatic carbocycles. The minimum atomic E-state index is -0.136. The van der Waals surface area contributed by atoms with Crippen LogP contribution in [0, 0.1) is 5.92 Å². The largest absolute Gasteiger partial charge is 0.349 e. The van der Waals surface area contributed by atoms with Crippen LogP contribution >= 0.6 is 0 Å². The standard InChI is InChI=1S/C19H25N5O2/c1-22(2)18(25)15-6-5-9-23(13-15)19(26)16-7-3-4-8-17(16)24-12-14(10-20)11-21-24/h3-4,7-8,11-12,15H,5-6,9-10,13,20H2,1-2H3/t15-/m0/s1. The number of nitrogens with two attached hydrogens (primary N) is 1. The van der Waals surface area contributed by atoms with Crippen molar-refractivity contribution in [1.82, 2.24) is 19.6 Å². The summed E-state index contributed by atoms with van der Waals surface area (Å²) >= 11 is 0. The zero-order chi connectivity index (χ0) is 18.7. The molecule has 1 saturated heterocycles. The molecule has 2 amide bonds. The smallest absolute Gasteiger partial charge is 0.256 e. The molecule has 1 aliphatic heterocycles. The lowest BCUT2D eigenvalue weighted by Gasteiger charge is -2.33. The van der Waals surface area contributed by atoms with E-state index < -0.39 is 0 Å². The third-order valence-corrected chi connectivity index (χ3v) is 4.75. The minimum Gasteiger partial charge on any atom is -0.349 e. The summed E-state index contributed by atoms with van der Waals surface area (Å²) < 4.78 is 1.68. The number of amides is 2. The van der Waals surface area contributed by atoms with E-state index in [4.69, 9.17) is 5.73 Å². The normalized spacial score (nSPS) is 17.2. The lowest BCUT2D eigenvalue weighted by Crippen LogP contribution is -2.45. The summed E-state index contributed by atoms with van der Waals surface area (Å²) in [6.07, 6.45) is 5.19. The molecule has 0 spiro atoms. The Hall–Kier alpha value is -2.67. The second-order valence-electron chi connectivity index (χ2n) is 6.84. The van der Waals surface area contributed by atoms with Gasteiger partial charge in [-0.15, -0.1) is 0 Å². The third-order valence-electron chi connectivity index (χ3n) is 4.75. The second-order valence-corrected chi connectivity index (χ2v) is 6.84. The van der Waals surface area contributed by atoms with Gasteiger partial charge in [0, 0.05) is 45.5 Å². The number of para-hydroxylation sites is 1. The number of benzene rings is 1. The Bertz CT molecular complexity index is 799. The summed E-state index contributed by atoms with van der Waals surface area (Å²) in [4.78, 5) is 28.8. The summed E-state index contributed by atoms with van der Waals surface area (Å²) in [6, 6.07) is 7.40. The zero-order valence-corrected chi connectivity index (χ0v) is 15.3. The van der Waals surface area contributed by atoms with Gasteiger partial charge in [-0.3, -0.25) is 9.59 Å². The van der Waals surface area contributed by atoms with Crippen molar-refractivity contribution < 1.29 is 9.59 Å². The van der Waals surface area contributed by atoms with Crippen molar-refractivity contribution in [3.8, 4) is 5.69 Å². The van der Waals surface area contributed by atoms with Crippen LogP contribution in [0.2, 0.25) is 0 Å². The summed E-state index contributed by atoms with van der Waals surface area (Å²) in [5, 5.41) is 4.32. The molecule has 1 atom stereocenters. The summed E-state index contributed by atoms with van der Waals surface area (Å²) in [5.41, 5.74) is 7.87. The van der Waals surface area contributed by atoms with Crippen LogP contribution < -0.4 is 5.73 Å². The highest BCUT2D eigenvalue weighted by molar-refractivity contribution is 5.98. The van der Waals surface area contributed by atoms with Crippen LogP contribution in [0.5, 0.6) is 0 Å². The zero-order valence-electron chi connectivity index (χ0n) is 15.3. The van der Waals surface area contributed by atoms with Crippen LogP contribution in [0.1, 0.15) is 28.8 Å². The van der Waals surface area contributed by atoms with E-state index in [9.17, 15) is 9.59 Å². The maximum atomic E-state index is 13.1. The van der Waals surface area contributed by atoms with E-state index >= 15 is 0 Å². The van der Waals surface area contributed by atoms with E-state index in [2.05, 4.69) is 5.10 Å². The fraction of sp³-hybridized carbons (Fsp3) is 0.421. The van der Waals surface area contributed by atoms with Crippen molar-refractivity contribution in [2.45, 2.75) is 19.4 Å². The average molecular weight is 355 g/mol. The molecule has 2 N–H and O–H groups in total. The van der Waals surface area contributed by atoms with Gasteiger partial charge in [0.25, 0.3) is 5.91 Å². The van der Waals surface area contributed by atoms with Crippen LogP contribution in [0.3, 0.4) is 0 Å². The maximum Gasteiger partial charge on any atom is 0.256 e. The Kier molecular flexibility index (Phi) is 5.37. The highest BCUT2D eigenvalue weighted by atomic mass is 16.2. The quantitative estimate of drug-likeness (QED) is 0.895. The van der Waals surface area contributed by atoms with Gasteiger partial charge in [-0.2, -0.15) is 5.10 Å². The molecule has 26 heavy (non-hydrogen) atoms. The van der Waals surface area contributed by atoms with E-state index in [1.54, 1.807) is 40.8 Å². The van der Waals surface area contributed by atoms with Gasteiger partial charge in [0.2, 0.25) is 5.91 Å². The highest BCUT2D eigenvalue weighted by Gasteiger charge is 2.30. The van der Waals surface area contributed by atoms with E-state index in [-0.39, 0.29) is 17.7 Å². The molecule has 0 radical (unpaired) electrons. The second kappa shape index (κ2) is 7.70. The number of hydrogen-bond acceptors (Lipinski definition) is 4. The number of rotatable bonds is 4. The predicted molar refractivity (Wildman–Crippen MR) is 98.8 cm³/mol. The fourth-order valence-corrected chi connectivity index (χ4v) is 3.35. The maximum absolute atomic E-state index is 13.1. The van der Waals surface area contributed by atoms with E-state index in [1.165, 1.54) is 0 Å². The molecule has 2 aromatic rings. The first-order valence-corrected chi connectivity index (χ1v) is 8.84. The lowest BCUT2D eigenvalue weighted by atomic mass is 9.96. The first-order chi connectivity index (χ1) is 12.5. The molecule has 0 bridgehead atoms. The van der Waals surface area contributed by atoms with E-state index in [0.29, 0.717) is 25.2 Å². The Balaban J connectivity index is 1.85. The fourth-order valence-electron chi connectivity index (χ4n) is 3.35. The summed E-state index contributed by atoms with van der Waals surface area (Å²) in [5.74, 6) is -0.125. The molecule has 1 aromatic heterocycles.